The first kappa shape index (κ1) is 4.06. The summed E-state index contributed by atoms with van der Waals surface area (Å²) in [7, 11) is 0. The summed E-state index contributed by atoms with van der Waals surface area (Å²) in [6.45, 7) is 1.89. The highest BCUT2D eigenvalue weighted by molar-refractivity contribution is 6.18. The highest BCUT2D eigenvalue weighted by Crippen LogP contribution is 2.27. The van der Waals surface area contributed by atoms with Crippen molar-refractivity contribution in [2.45, 2.75) is 12.6 Å². The zero-order chi connectivity index (χ0) is 4.62. The van der Waals surface area contributed by atoms with E-state index in [0.29, 0.717) is 5.88 Å². The van der Waals surface area contributed by atoms with Crippen LogP contribution in [0.3, 0.4) is 0 Å². The van der Waals surface area contributed by atoms with Crippen LogP contribution in [0.4, 0.5) is 0 Å². The summed E-state index contributed by atoms with van der Waals surface area (Å²) in [4.78, 5) is 0. The van der Waals surface area contributed by atoms with E-state index >= 15 is 0 Å². The van der Waals surface area contributed by atoms with Crippen LogP contribution in [0.2, 0.25) is 0 Å². The van der Waals surface area contributed by atoms with Crippen LogP contribution >= 0.6 is 11.6 Å². The predicted octanol–water partition coefficient (Wildman–Crippen LogP) is 1.41. The molecule has 34 valence electrons. The van der Waals surface area contributed by atoms with E-state index in [0.717, 1.165) is 0 Å². The molecule has 2 nitrogen and oxygen atoms in total. The predicted molar refractivity (Wildman–Crippen MR) is 24.0 cm³/mol. The minimum absolute atomic E-state index is 0.193. The Labute approximate surface area is 41.2 Å². The average Bonchev–Trinajstić information content (AvgIpc) is 2.22. The summed E-state index contributed by atoms with van der Waals surface area (Å²) < 4.78 is 0. The Kier molecular flexibility index (Phi) is 0.634. The van der Waals surface area contributed by atoms with Gasteiger partial charge in [-0.15, -0.1) is 11.6 Å². The standard InChI is InChI=1S/C3H5ClN2/c1-3(2-4)5-6-3/h2H2,1H3. The fourth-order valence-corrected chi connectivity index (χ4v) is 0.246. The van der Waals surface area contributed by atoms with Gasteiger partial charge in [-0.05, 0) is 6.92 Å². The van der Waals surface area contributed by atoms with Gasteiger partial charge in [-0.1, -0.05) is 0 Å². The lowest BCUT2D eigenvalue weighted by Gasteiger charge is -1.88. The monoisotopic (exact) mass is 104 g/mol. The van der Waals surface area contributed by atoms with Crippen LogP contribution in [0.1, 0.15) is 6.92 Å². The molecule has 6 heavy (non-hydrogen) atoms. The maximum Gasteiger partial charge on any atom is 0.201 e. The molecular weight excluding hydrogens is 99.5 g/mol. The molecule has 0 saturated heterocycles. The van der Waals surface area contributed by atoms with Gasteiger partial charge in [0.2, 0.25) is 5.66 Å². The molecule has 0 unspecified atom stereocenters. The van der Waals surface area contributed by atoms with Crippen molar-refractivity contribution in [2.24, 2.45) is 10.2 Å². The third-order valence-corrected chi connectivity index (χ3v) is 1.20. The van der Waals surface area contributed by atoms with E-state index in [2.05, 4.69) is 10.2 Å². The molecule has 1 rings (SSSR count). The third-order valence-electron chi connectivity index (χ3n) is 0.695. The largest absolute Gasteiger partial charge is 0.201 e. The number of halogens is 1. The first-order chi connectivity index (χ1) is 2.77. The molecule has 0 aliphatic carbocycles. The lowest BCUT2D eigenvalue weighted by Crippen LogP contribution is -2.03. The first-order valence-electron chi connectivity index (χ1n) is 1.77. The minimum Gasteiger partial charge on any atom is -0.158 e. The number of alkyl halides is 1. The Morgan fingerprint density at radius 2 is 2.17 bits per heavy atom. The molecule has 0 bridgehead atoms. The van der Waals surface area contributed by atoms with E-state index in [9.17, 15) is 0 Å². The summed E-state index contributed by atoms with van der Waals surface area (Å²) in [6, 6.07) is 0. The van der Waals surface area contributed by atoms with Crippen LogP contribution in [-0.2, 0) is 0 Å². The van der Waals surface area contributed by atoms with E-state index < -0.39 is 0 Å². The van der Waals surface area contributed by atoms with Gasteiger partial charge in [-0.3, -0.25) is 0 Å². The zero-order valence-electron chi connectivity index (χ0n) is 3.48. The van der Waals surface area contributed by atoms with E-state index in [4.69, 9.17) is 11.6 Å². The fourth-order valence-electron chi connectivity index (χ4n) is 0.139. The molecule has 0 aromatic carbocycles. The van der Waals surface area contributed by atoms with Crippen LogP contribution in [0.25, 0.3) is 0 Å². The van der Waals surface area contributed by atoms with Gasteiger partial charge in [0.1, 0.15) is 0 Å². The number of hydrogen-bond donors (Lipinski definition) is 0. The van der Waals surface area contributed by atoms with Gasteiger partial charge in [-0.2, -0.15) is 10.2 Å². The number of rotatable bonds is 1. The molecule has 0 fully saturated rings. The topological polar surface area (TPSA) is 24.7 Å². The second-order valence-corrected chi connectivity index (χ2v) is 1.82. The van der Waals surface area contributed by atoms with Crippen molar-refractivity contribution < 1.29 is 0 Å². The Balaban J connectivity index is 2.32. The summed E-state index contributed by atoms with van der Waals surface area (Å²) in [6.07, 6.45) is 0. The maximum absolute atomic E-state index is 5.35. The molecule has 1 aliphatic rings. The Bertz CT molecular complexity index is 82.8. The highest BCUT2D eigenvalue weighted by atomic mass is 35.5. The van der Waals surface area contributed by atoms with Crippen molar-refractivity contribution in [1.29, 1.82) is 0 Å². The summed E-state index contributed by atoms with van der Waals surface area (Å²) >= 11 is 5.35. The van der Waals surface area contributed by atoms with Crippen molar-refractivity contribution in [3.05, 3.63) is 0 Å². The lowest BCUT2D eigenvalue weighted by atomic mass is 10.3. The maximum atomic E-state index is 5.35. The lowest BCUT2D eigenvalue weighted by molar-refractivity contribution is 0.761. The molecular formula is C3H5ClN2. The van der Waals surface area contributed by atoms with E-state index in [1.54, 1.807) is 0 Å². The summed E-state index contributed by atoms with van der Waals surface area (Å²) in [5.74, 6) is 0.521. The second kappa shape index (κ2) is 0.936. The highest BCUT2D eigenvalue weighted by Gasteiger charge is 2.31. The normalized spacial score (nSPS) is 24.3. The van der Waals surface area contributed by atoms with Crippen molar-refractivity contribution in [3.63, 3.8) is 0 Å². The van der Waals surface area contributed by atoms with E-state index in [1.807, 2.05) is 6.92 Å². The molecule has 1 aliphatic heterocycles. The molecule has 0 atom stereocenters. The Morgan fingerprint density at radius 1 is 1.67 bits per heavy atom. The number of nitrogens with zero attached hydrogens (tertiary/aromatic N) is 2. The Hall–Kier alpha value is -0.110. The molecule has 0 N–H and O–H groups in total. The SMILES string of the molecule is CC1(CCl)N=N1. The van der Waals surface area contributed by atoms with Crippen molar-refractivity contribution >= 4 is 11.6 Å². The van der Waals surface area contributed by atoms with Gasteiger partial charge in [-0.25, -0.2) is 0 Å². The molecule has 0 amide bonds. The van der Waals surface area contributed by atoms with Crippen molar-refractivity contribution in [2.75, 3.05) is 5.88 Å². The quantitative estimate of drug-likeness (QED) is 0.450. The van der Waals surface area contributed by atoms with Crippen LogP contribution in [0.15, 0.2) is 10.2 Å². The molecule has 0 spiro atoms. The van der Waals surface area contributed by atoms with Gasteiger partial charge in [0.05, 0.1) is 5.88 Å². The third kappa shape index (κ3) is 0.522. The van der Waals surface area contributed by atoms with Gasteiger partial charge in [0.15, 0.2) is 0 Å². The molecule has 0 aromatic rings. The van der Waals surface area contributed by atoms with Gasteiger partial charge >= 0.3 is 0 Å². The Morgan fingerprint density at radius 3 is 2.17 bits per heavy atom. The van der Waals surface area contributed by atoms with E-state index in [-0.39, 0.29) is 5.66 Å². The van der Waals surface area contributed by atoms with Gasteiger partial charge in [0.25, 0.3) is 0 Å². The summed E-state index contributed by atoms with van der Waals surface area (Å²) in [5.41, 5.74) is -0.193. The van der Waals surface area contributed by atoms with Crippen LogP contribution in [0.5, 0.6) is 0 Å². The van der Waals surface area contributed by atoms with Gasteiger partial charge in [0, 0.05) is 0 Å². The number of hydrogen-bond acceptors (Lipinski definition) is 2. The second-order valence-electron chi connectivity index (χ2n) is 1.55. The smallest absolute Gasteiger partial charge is 0.158 e. The molecule has 3 heteroatoms. The minimum atomic E-state index is -0.193. The molecule has 0 aromatic heterocycles. The van der Waals surface area contributed by atoms with Crippen LogP contribution < -0.4 is 0 Å². The van der Waals surface area contributed by atoms with Crippen molar-refractivity contribution in [3.8, 4) is 0 Å². The zero-order valence-corrected chi connectivity index (χ0v) is 4.24. The first-order valence-corrected chi connectivity index (χ1v) is 2.30. The average molecular weight is 105 g/mol. The van der Waals surface area contributed by atoms with Crippen molar-refractivity contribution in [1.82, 2.24) is 0 Å². The van der Waals surface area contributed by atoms with Crippen LogP contribution in [-0.4, -0.2) is 11.5 Å². The van der Waals surface area contributed by atoms with Gasteiger partial charge < -0.3 is 0 Å². The van der Waals surface area contributed by atoms with Crippen LogP contribution in [0, 0.1) is 0 Å². The summed E-state index contributed by atoms with van der Waals surface area (Å²) in [5, 5.41) is 7.29. The fraction of sp³-hybridized carbons (Fsp3) is 1.00. The van der Waals surface area contributed by atoms with E-state index in [1.165, 1.54) is 0 Å². The molecule has 1 heterocycles. The molecule has 0 saturated carbocycles. The molecule has 0 radical (unpaired) electrons.